The molecule has 1 saturated carbocycles. The molecule has 17 heavy (non-hydrogen) atoms. The van der Waals surface area contributed by atoms with Crippen molar-refractivity contribution in [2.75, 3.05) is 6.61 Å². The zero-order chi connectivity index (χ0) is 12.3. The molecule has 3 N–H and O–H groups in total. The summed E-state index contributed by atoms with van der Waals surface area (Å²) in [6, 6.07) is 5.52. The Bertz CT molecular complexity index is 372. The van der Waals surface area contributed by atoms with Gasteiger partial charge < -0.3 is 15.6 Å². The molecule has 0 heterocycles. The van der Waals surface area contributed by atoms with Crippen LogP contribution < -0.4 is 10.5 Å². The first-order valence-corrected chi connectivity index (χ1v) is 6.43. The summed E-state index contributed by atoms with van der Waals surface area (Å²) < 4.78 is 5.38. The van der Waals surface area contributed by atoms with Crippen LogP contribution in [0, 0.1) is 5.92 Å². The zero-order valence-corrected chi connectivity index (χ0v) is 10.4. The van der Waals surface area contributed by atoms with E-state index in [-0.39, 0.29) is 11.8 Å². The number of phenolic OH excluding ortho intramolecular Hbond substituents is 1. The summed E-state index contributed by atoms with van der Waals surface area (Å²) in [7, 11) is 0. The molecule has 1 aliphatic rings. The first-order valence-electron chi connectivity index (χ1n) is 6.43. The van der Waals surface area contributed by atoms with E-state index in [9.17, 15) is 5.11 Å². The molecule has 94 valence electrons. The van der Waals surface area contributed by atoms with Gasteiger partial charge in [-0.3, -0.25) is 0 Å². The summed E-state index contributed by atoms with van der Waals surface area (Å²) in [5.41, 5.74) is 7.35. The van der Waals surface area contributed by atoms with Gasteiger partial charge in [0.1, 0.15) is 0 Å². The molecule has 0 amide bonds. The Morgan fingerprint density at radius 1 is 1.41 bits per heavy atom. The molecule has 0 bridgehead atoms. The van der Waals surface area contributed by atoms with Gasteiger partial charge in [0.25, 0.3) is 0 Å². The highest BCUT2D eigenvalue weighted by molar-refractivity contribution is 5.42. The summed E-state index contributed by atoms with van der Waals surface area (Å²) in [5.74, 6) is 1.31. The number of hydrogen-bond donors (Lipinski definition) is 2. The summed E-state index contributed by atoms with van der Waals surface area (Å²) >= 11 is 0. The highest BCUT2D eigenvalue weighted by Crippen LogP contribution is 2.36. The van der Waals surface area contributed by atoms with Gasteiger partial charge in [-0.15, -0.1) is 0 Å². The van der Waals surface area contributed by atoms with E-state index >= 15 is 0 Å². The van der Waals surface area contributed by atoms with Crippen molar-refractivity contribution < 1.29 is 9.84 Å². The lowest BCUT2D eigenvalue weighted by atomic mass is 9.92. The fraction of sp³-hybridized carbons (Fsp3) is 0.571. The summed E-state index contributed by atoms with van der Waals surface area (Å²) in [6.07, 6.45) is 5.00. The number of ether oxygens (including phenoxy) is 1. The molecule has 0 aliphatic heterocycles. The minimum absolute atomic E-state index is 0.0670. The summed E-state index contributed by atoms with van der Waals surface area (Å²) in [6.45, 7) is 2.46. The van der Waals surface area contributed by atoms with Crippen LogP contribution in [0.2, 0.25) is 0 Å². The Hall–Kier alpha value is -1.22. The summed E-state index contributed by atoms with van der Waals surface area (Å²) in [4.78, 5) is 0. The van der Waals surface area contributed by atoms with Crippen LogP contribution in [0.3, 0.4) is 0 Å². The van der Waals surface area contributed by atoms with Gasteiger partial charge >= 0.3 is 0 Å². The van der Waals surface area contributed by atoms with E-state index in [0.29, 0.717) is 18.3 Å². The number of hydrogen-bond acceptors (Lipinski definition) is 3. The molecule has 0 saturated heterocycles. The van der Waals surface area contributed by atoms with E-state index in [1.807, 2.05) is 19.1 Å². The number of rotatable bonds is 4. The lowest BCUT2D eigenvalue weighted by molar-refractivity contribution is 0.316. The maximum atomic E-state index is 9.65. The Kier molecular flexibility index (Phi) is 3.89. The first-order chi connectivity index (χ1) is 8.22. The van der Waals surface area contributed by atoms with Crippen molar-refractivity contribution in [3.63, 3.8) is 0 Å². The third kappa shape index (κ3) is 2.72. The highest BCUT2D eigenvalue weighted by atomic mass is 16.5. The average molecular weight is 235 g/mol. The third-order valence-corrected chi connectivity index (χ3v) is 3.58. The Labute approximate surface area is 103 Å². The quantitative estimate of drug-likeness (QED) is 0.843. The van der Waals surface area contributed by atoms with Gasteiger partial charge in [0.2, 0.25) is 0 Å². The van der Waals surface area contributed by atoms with Crippen molar-refractivity contribution >= 4 is 0 Å². The molecule has 0 unspecified atom stereocenters. The van der Waals surface area contributed by atoms with Gasteiger partial charge in [0, 0.05) is 6.04 Å². The van der Waals surface area contributed by atoms with E-state index in [4.69, 9.17) is 10.5 Å². The predicted octanol–water partition coefficient (Wildman–Crippen LogP) is 2.98. The van der Waals surface area contributed by atoms with Crippen molar-refractivity contribution in [1.29, 1.82) is 0 Å². The Morgan fingerprint density at radius 3 is 2.76 bits per heavy atom. The number of aromatic hydroxyl groups is 1. The largest absolute Gasteiger partial charge is 0.504 e. The van der Waals surface area contributed by atoms with Gasteiger partial charge in [-0.25, -0.2) is 0 Å². The molecule has 0 spiro atoms. The van der Waals surface area contributed by atoms with Crippen LogP contribution in [0.5, 0.6) is 11.5 Å². The maximum absolute atomic E-state index is 9.65. The standard InChI is InChI=1S/C14H21NO2/c1-2-17-13-9-11(7-8-12(13)16)14(15)10-5-3-4-6-10/h7-10,14,16H,2-6,15H2,1H3/t14-/m1/s1. The molecule has 1 atom stereocenters. The van der Waals surface area contributed by atoms with Crippen molar-refractivity contribution in [1.82, 2.24) is 0 Å². The van der Waals surface area contributed by atoms with Gasteiger partial charge in [-0.1, -0.05) is 18.9 Å². The minimum atomic E-state index is 0.0670. The van der Waals surface area contributed by atoms with Crippen LogP contribution in [0.1, 0.15) is 44.2 Å². The molecule has 3 heteroatoms. The second kappa shape index (κ2) is 5.41. The third-order valence-electron chi connectivity index (χ3n) is 3.58. The molecule has 1 aromatic rings. The van der Waals surface area contributed by atoms with Crippen LogP contribution in [0.25, 0.3) is 0 Å². The second-order valence-corrected chi connectivity index (χ2v) is 4.73. The average Bonchev–Trinajstić information content (AvgIpc) is 2.85. The number of phenols is 1. The number of benzene rings is 1. The van der Waals surface area contributed by atoms with E-state index < -0.39 is 0 Å². The lowest BCUT2D eigenvalue weighted by Gasteiger charge is -2.20. The molecule has 2 rings (SSSR count). The van der Waals surface area contributed by atoms with Crippen LogP contribution in [0.15, 0.2) is 18.2 Å². The fourth-order valence-electron chi connectivity index (χ4n) is 2.60. The molecule has 0 radical (unpaired) electrons. The van der Waals surface area contributed by atoms with Crippen molar-refractivity contribution in [3.8, 4) is 11.5 Å². The van der Waals surface area contributed by atoms with E-state index in [2.05, 4.69) is 0 Å². The monoisotopic (exact) mass is 235 g/mol. The molecular weight excluding hydrogens is 214 g/mol. The number of nitrogens with two attached hydrogens (primary N) is 1. The van der Waals surface area contributed by atoms with Crippen LogP contribution in [0.4, 0.5) is 0 Å². The fourth-order valence-corrected chi connectivity index (χ4v) is 2.60. The molecule has 1 fully saturated rings. The SMILES string of the molecule is CCOc1cc([C@H](N)C2CCCC2)ccc1O. The van der Waals surface area contributed by atoms with E-state index in [1.165, 1.54) is 25.7 Å². The van der Waals surface area contributed by atoms with Gasteiger partial charge in [0.05, 0.1) is 6.61 Å². The molecule has 3 nitrogen and oxygen atoms in total. The Balaban J connectivity index is 2.16. The van der Waals surface area contributed by atoms with Gasteiger partial charge in [-0.2, -0.15) is 0 Å². The first kappa shape index (κ1) is 12.2. The molecule has 1 aromatic carbocycles. The molecule has 1 aliphatic carbocycles. The van der Waals surface area contributed by atoms with E-state index in [0.717, 1.165) is 5.56 Å². The lowest BCUT2D eigenvalue weighted by Crippen LogP contribution is -2.19. The predicted molar refractivity (Wildman–Crippen MR) is 68.2 cm³/mol. The van der Waals surface area contributed by atoms with E-state index in [1.54, 1.807) is 6.07 Å². The summed E-state index contributed by atoms with van der Waals surface area (Å²) in [5, 5.41) is 9.65. The zero-order valence-electron chi connectivity index (χ0n) is 10.4. The van der Waals surface area contributed by atoms with Crippen molar-refractivity contribution in [3.05, 3.63) is 23.8 Å². The van der Waals surface area contributed by atoms with Crippen LogP contribution in [-0.2, 0) is 0 Å². The smallest absolute Gasteiger partial charge is 0.161 e. The van der Waals surface area contributed by atoms with Gasteiger partial charge in [-0.05, 0) is 43.4 Å². The van der Waals surface area contributed by atoms with Crippen molar-refractivity contribution in [2.45, 2.75) is 38.6 Å². The Morgan fingerprint density at radius 2 is 2.12 bits per heavy atom. The minimum Gasteiger partial charge on any atom is -0.504 e. The topological polar surface area (TPSA) is 55.5 Å². The van der Waals surface area contributed by atoms with Crippen LogP contribution in [-0.4, -0.2) is 11.7 Å². The maximum Gasteiger partial charge on any atom is 0.161 e. The molecule has 0 aromatic heterocycles. The van der Waals surface area contributed by atoms with Crippen molar-refractivity contribution in [2.24, 2.45) is 11.7 Å². The molecular formula is C14H21NO2. The highest BCUT2D eigenvalue weighted by Gasteiger charge is 2.23. The second-order valence-electron chi connectivity index (χ2n) is 4.73. The van der Waals surface area contributed by atoms with Crippen LogP contribution >= 0.6 is 0 Å². The normalized spacial score (nSPS) is 18.2. The van der Waals surface area contributed by atoms with Gasteiger partial charge in [0.15, 0.2) is 11.5 Å².